The predicted molar refractivity (Wildman–Crippen MR) is 118 cm³/mol. The molecule has 0 amide bonds. The van der Waals surface area contributed by atoms with E-state index in [-0.39, 0.29) is 42.9 Å². The Labute approximate surface area is 197 Å². The van der Waals surface area contributed by atoms with Crippen LogP contribution in [0.2, 0.25) is 15.1 Å². The van der Waals surface area contributed by atoms with Crippen molar-refractivity contribution in [3.8, 4) is 11.5 Å². The van der Waals surface area contributed by atoms with Crippen LogP contribution in [0.25, 0.3) is 0 Å². The molecule has 9 heteroatoms. The van der Waals surface area contributed by atoms with Gasteiger partial charge in [-0.3, -0.25) is 0 Å². The van der Waals surface area contributed by atoms with Crippen LogP contribution >= 0.6 is 46.4 Å². The molecule has 1 spiro atoms. The number of rotatable bonds is 0. The first-order valence-electron chi connectivity index (χ1n) is 9.27. The molecule has 0 aromatic heterocycles. The number of halogens is 4. The highest BCUT2D eigenvalue weighted by Crippen LogP contribution is 2.60. The van der Waals surface area contributed by atoms with Gasteiger partial charge in [-0.1, -0.05) is 52.5 Å². The lowest BCUT2D eigenvalue weighted by atomic mass is 9.69. The highest BCUT2D eigenvalue weighted by atomic mass is 35.5. The van der Waals surface area contributed by atoms with E-state index in [0.717, 1.165) is 0 Å². The Hall–Kier alpha value is -2.05. The van der Waals surface area contributed by atoms with Crippen LogP contribution in [-0.4, -0.2) is 22.3 Å². The number of carbonyl (C=O) groups is 1. The number of allylic oxidation sites excluding steroid dienone is 1. The number of aliphatic hydroxyl groups is 1. The number of carbonyl (C=O) groups excluding carboxylic acids is 1. The maximum absolute atomic E-state index is 13.0. The first-order valence-corrected chi connectivity index (χ1v) is 10.8. The highest BCUT2D eigenvalue weighted by molar-refractivity contribution is 6.42. The van der Waals surface area contributed by atoms with Gasteiger partial charge in [-0.05, 0) is 37.6 Å². The first kappa shape index (κ1) is 20.8. The van der Waals surface area contributed by atoms with E-state index >= 15 is 0 Å². The largest absolute Gasteiger partial charge is 0.506 e. The summed E-state index contributed by atoms with van der Waals surface area (Å²) in [6, 6.07) is 4.56. The zero-order chi connectivity index (χ0) is 22.4. The molecule has 31 heavy (non-hydrogen) atoms. The quantitative estimate of drug-likeness (QED) is 0.409. The molecule has 3 aliphatic rings. The van der Waals surface area contributed by atoms with E-state index in [9.17, 15) is 15.0 Å². The molecule has 0 radical (unpaired) electrons. The van der Waals surface area contributed by atoms with Crippen LogP contribution in [0.1, 0.15) is 34.0 Å². The predicted octanol–water partition coefficient (Wildman–Crippen LogP) is 6.42. The monoisotopic (exact) mass is 498 g/mol. The van der Waals surface area contributed by atoms with Gasteiger partial charge in [0.05, 0.1) is 26.5 Å². The second-order valence-corrected chi connectivity index (χ2v) is 9.39. The van der Waals surface area contributed by atoms with Crippen molar-refractivity contribution in [1.82, 2.24) is 0 Å². The average molecular weight is 500 g/mol. The number of benzene rings is 2. The van der Waals surface area contributed by atoms with Crippen molar-refractivity contribution in [3.05, 3.63) is 78.0 Å². The van der Waals surface area contributed by atoms with E-state index in [1.807, 2.05) is 0 Å². The summed E-state index contributed by atoms with van der Waals surface area (Å²) in [6.45, 7) is 3.32. The summed E-state index contributed by atoms with van der Waals surface area (Å²) in [5.74, 6) is -1.27. The fourth-order valence-electron chi connectivity index (χ4n) is 4.58. The number of aliphatic hydroxyl groups excluding tert-OH is 1. The molecule has 2 aliphatic heterocycles. The van der Waals surface area contributed by atoms with Crippen LogP contribution < -0.4 is 4.74 Å². The summed E-state index contributed by atoms with van der Waals surface area (Å²) in [5, 5.41) is 21.4. The van der Waals surface area contributed by atoms with Crippen molar-refractivity contribution in [2.45, 2.75) is 25.6 Å². The summed E-state index contributed by atoms with van der Waals surface area (Å²) < 4.78 is 12.2. The zero-order valence-corrected chi connectivity index (χ0v) is 19.1. The Bertz CT molecular complexity index is 1270. The number of phenolic OH excluding ortho intramolecular Hbond substituents is 1. The Morgan fingerprint density at radius 3 is 2.32 bits per heavy atom. The molecule has 2 heterocycles. The molecule has 2 aromatic rings. The Balaban J connectivity index is 1.92. The van der Waals surface area contributed by atoms with Crippen LogP contribution in [0.5, 0.6) is 11.5 Å². The molecule has 0 fully saturated rings. The van der Waals surface area contributed by atoms with Crippen LogP contribution in [0.3, 0.4) is 0 Å². The molecule has 3 unspecified atom stereocenters. The normalized spacial score (nSPS) is 26.1. The summed E-state index contributed by atoms with van der Waals surface area (Å²) in [6.07, 6.45) is 0.862. The number of hydrogen-bond donors (Lipinski definition) is 2. The molecular formula is C22H14Cl4O5. The van der Waals surface area contributed by atoms with Gasteiger partial charge in [-0.25, -0.2) is 4.79 Å². The topological polar surface area (TPSA) is 76.0 Å². The molecule has 5 rings (SSSR count). The van der Waals surface area contributed by atoms with Gasteiger partial charge in [0.25, 0.3) is 0 Å². The van der Waals surface area contributed by atoms with Crippen LogP contribution in [0.15, 0.2) is 40.6 Å². The Morgan fingerprint density at radius 1 is 0.968 bits per heavy atom. The third-order valence-electron chi connectivity index (χ3n) is 6.09. The number of esters is 1. The van der Waals surface area contributed by atoms with Gasteiger partial charge in [0.2, 0.25) is 0 Å². The minimum atomic E-state index is -1.41. The maximum atomic E-state index is 13.0. The van der Waals surface area contributed by atoms with E-state index in [1.54, 1.807) is 26.0 Å². The van der Waals surface area contributed by atoms with Crippen molar-refractivity contribution in [2.75, 3.05) is 0 Å². The van der Waals surface area contributed by atoms with Crippen molar-refractivity contribution in [2.24, 2.45) is 5.92 Å². The smallest absolute Gasteiger partial charge is 0.339 e. The van der Waals surface area contributed by atoms with Gasteiger partial charge in [0, 0.05) is 16.7 Å². The van der Waals surface area contributed by atoms with Crippen molar-refractivity contribution in [1.29, 1.82) is 0 Å². The lowest BCUT2D eigenvalue weighted by Crippen LogP contribution is -2.50. The van der Waals surface area contributed by atoms with E-state index in [1.165, 1.54) is 12.1 Å². The minimum Gasteiger partial charge on any atom is -0.506 e. The van der Waals surface area contributed by atoms with Crippen LogP contribution in [0.4, 0.5) is 0 Å². The molecule has 3 atom stereocenters. The van der Waals surface area contributed by atoms with Crippen molar-refractivity contribution >= 4 is 52.4 Å². The lowest BCUT2D eigenvalue weighted by molar-refractivity contribution is -0.0440. The number of hydrogen-bond acceptors (Lipinski definition) is 5. The van der Waals surface area contributed by atoms with Crippen molar-refractivity contribution in [3.63, 3.8) is 0 Å². The first-order chi connectivity index (χ1) is 14.6. The number of aromatic hydroxyl groups is 1. The van der Waals surface area contributed by atoms with E-state index < -0.39 is 23.6 Å². The summed E-state index contributed by atoms with van der Waals surface area (Å²) >= 11 is 25.3. The number of ether oxygens (including phenoxy) is 2. The van der Waals surface area contributed by atoms with Crippen LogP contribution in [-0.2, 0) is 10.3 Å². The fourth-order valence-corrected chi connectivity index (χ4v) is 5.49. The van der Waals surface area contributed by atoms with Gasteiger partial charge in [-0.15, -0.1) is 0 Å². The summed E-state index contributed by atoms with van der Waals surface area (Å²) in [4.78, 5) is 13.0. The maximum Gasteiger partial charge on any atom is 0.339 e. The van der Waals surface area contributed by atoms with Crippen LogP contribution in [0, 0.1) is 12.8 Å². The molecule has 0 bridgehead atoms. The summed E-state index contributed by atoms with van der Waals surface area (Å²) in [5.41, 5.74) is 0.605. The third-order valence-corrected chi connectivity index (χ3v) is 7.50. The summed E-state index contributed by atoms with van der Waals surface area (Å²) in [7, 11) is 0. The van der Waals surface area contributed by atoms with Gasteiger partial charge in [0.1, 0.15) is 28.4 Å². The third kappa shape index (κ3) is 2.61. The van der Waals surface area contributed by atoms with Gasteiger partial charge in [0.15, 0.2) is 5.60 Å². The molecule has 2 N–H and O–H groups in total. The SMILES string of the molecule is CC1=CC2C(Oc3c(cc(Cl)c(O)c3C)C23OC(=O)c2cc(Cl)c(Cl)cc23)C(Cl)=C1O. The van der Waals surface area contributed by atoms with Gasteiger partial charge < -0.3 is 19.7 Å². The fraction of sp³-hybridized carbons (Fsp3) is 0.227. The standard InChI is InChI=1S/C22H14Cl4O5/c1-7-3-11-20(16(26)17(7)27)30-19-8(2)18(28)15(25)6-12(19)22(11)10-5-14(24)13(23)4-9(10)21(29)31-22/h3-6,11,20,27-28H,1-2H3. The molecule has 1 aliphatic carbocycles. The van der Waals surface area contributed by atoms with E-state index in [4.69, 9.17) is 55.9 Å². The van der Waals surface area contributed by atoms with Gasteiger partial charge >= 0.3 is 5.97 Å². The van der Waals surface area contributed by atoms with E-state index in [0.29, 0.717) is 22.3 Å². The zero-order valence-electron chi connectivity index (χ0n) is 16.1. The van der Waals surface area contributed by atoms with Gasteiger partial charge in [-0.2, -0.15) is 0 Å². The molecule has 5 nitrogen and oxygen atoms in total. The molecular weight excluding hydrogens is 486 g/mol. The molecule has 2 aromatic carbocycles. The molecule has 0 saturated carbocycles. The highest BCUT2D eigenvalue weighted by Gasteiger charge is 2.61. The second-order valence-electron chi connectivity index (χ2n) is 7.76. The average Bonchev–Trinajstić information content (AvgIpc) is 2.99. The lowest BCUT2D eigenvalue weighted by Gasteiger charge is -2.46. The Morgan fingerprint density at radius 2 is 1.61 bits per heavy atom. The minimum absolute atomic E-state index is 0.0634. The Kier molecular flexibility index (Phi) is 4.52. The molecule has 160 valence electrons. The van der Waals surface area contributed by atoms with E-state index in [2.05, 4.69) is 0 Å². The molecule has 0 saturated heterocycles. The second kappa shape index (κ2) is 6.72. The van der Waals surface area contributed by atoms with Crippen molar-refractivity contribution < 1.29 is 24.5 Å². The number of phenols is 1. The number of fused-ring (bicyclic) bond motifs is 6.